The number of pyridine rings is 2. The minimum atomic E-state index is -0.466. The molecule has 0 radical (unpaired) electrons. The van der Waals surface area contributed by atoms with E-state index in [2.05, 4.69) is 34.0 Å². The Morgan fingerprint density at radius 3 is 2.56 bits per heavy atom. The van der Waals surface area contributed by atoms with Gasteiger partial charge < -0.3 is 19.1 Å². The molecular weight excluding hydrogens is 520 g/mol. The second kappa shape index (κ2) is 12.0. The highest BCUT2D eigenvalue weighted by Crippen LogP contribution is 2.37. The molecule has 0 aromatic carbocycles. The molecule has 0 unspecified atom stereocenters. The average Bonchev–Trinajstić information content (AvgIpc) is 3.36. The van der Waals surface area contributed by atoms with Gasteiger partial charge in [-0.15, -0.1) is 0 Å². The van der Waals surface area contributed by atoms with E-state index in [1.807, 2.05) is 45.3 Å². The van der Waals surface area contributed by atoms with Crippen molar-refractivity contribution in [1.82, 2.24) is 19.5 Å². The maximum atomic E-state index is 12.4. The van der Waals surface area contributed by atoms with Gasteiger partial charge in [0.25, 0.3) is 0 Å². The summed E-state index contributed by atoms with van der Waals surface area (Å²) in [5, 5.41) is 14.1. The fourth-order valence-electron chi connectivity index (χ4n) is 5.51. The maximum absolute atomic E-state index is 12.4. The molecule has 2 aliphatic heterocycles. The van der Waals surface area contributed by atoms with Crippen LogP contribution in [0.15, 0.2) is 36.8 Å². The zero-order chi connectivity index (χ0) is 29.0. The first kappa shape index (κ1) is 28.8. The van der Waals surface area contributed by atoms with Gasteiger partial charge in [-0.25, -0.2) is 4.52 Å². The molecule has 5 rings (SSSR count). The lowest BCUT2D eigenvalue weighted by Crippen LogP contribution is -2.40. The van der Waals surface area contributed by atoms with Crippen LogP contribution in [-0.2, 0) is 14.3 Å². The third kappa shape index (κ3) is 7.16. The van der Waals surface area contributed by atoms with Crippen molar-refractivity contribution < 1.29 is 19.0 Å². The molecule has 0 aliphatic carbocycles. The quantitative estimate of drug-likeness (QED) is 0.373. The predicted molar refractivity (Wildman–Crippen MR) is 156 cm³/mol. The van der Waals surface area contributed by atoms with Crippen molar-refractivity contribution in [2.75, 3.05) is 57.4 Å². The monoisotopic (exact) mass is 560 g/mol. The van der Waals surface area contributed by atoms with Crippen molar-refractivity contribution in [1.29, 1.82) is 5.26 Å². The van der Waals surface area contributed by atoms with Crippen LogP contribution in [0.5, 0.6) is 5.75 Å². The minimum absolute atomic E-state index is 0.0737. The number of fused-ring (bicyclic) bond motifs is 1. The van der Waals surface area contributed by atoms with Gasteiger partial charge in [-0.3, -0.25) is 14.7 Å². The van der Waals surface area contributed by atoms with Gasteiger partial charge in [0.05, 0.1) is 60.7 Å². The molecule has 218 valence electrons. The third-order valence-electron chi connectivity index (χ3n) is 7.84. The Morgan fingerprint density at radius 1 is 1.15 bits per heavy atom. The molecule has 10 heteroatoms. The molecule has 0 N–H and O–H groups in total. The molecule has 0 amide bonds. The summed E-state index contributed by atoms with van der Waals surface area (Å²) in [7, 11) is 0. The summed E-state index contributed by atoms with van der Waals surface area (Å²) < 4.78 is 18.8. The summed E-state index contributed by atoms with van der Waals surface area (Å²) in [5.74, 6) is 0.550. The van der Waals surface area contributed by atoms with E-state index in [0.717, 1.165) is 75.7 Å². The number of aromatic nitrogens is 3. The number of esters is 1. The van der Waals surface area contributed by atoms with E-state index in [0.29, 0.717) is 29.9 Å². The van der Waals surface area contributed by atoms with Gasteiger partial charge in [-0.05, 0) is 57.2 Å². The van der Waals surface area contributed by atoms with E-state index in [1.54, 1.807) is 10.7 Å². The van der Waals surface area contributed by atoms with Crippen LogP contribution < -0.4 is 9.64 Å². The Labute approximate surface area is 241 Å². The van der Waals surface area contributed by atoms with Crippen molar-refractivity contribution in [3.05, 3.63) is 42.4 Å². The predicted octanol–water partition coefficient (Wildman–Crippen LogP) is 4.32. The number of carbonyl (C=O) groups is 1. The number of hydrogen-bond donors (Lipinski definition) is 0. The van der Waals surface area contributed by atoms with Crippen LogP contribution in [-0.4, -0.2) is 83.6 Å². The molecule has 2 aliphatic rings. The Morgan fingerprint density at radius 2 is 1.90 bits per heavy atom. The van der Waals surface area contributed by atoms with Crippen LogP contribution >= 0.6 is 0 Å². The second-order valence-corrected chi connectivity index (χ2v) is 12.3. The maximum Gasteiger partial charge on any atom is 0.306 e. The van der Waals surface area contributed by atoms with Gasteiger partial charge >= 0.3 is 5.97 Å². The normalized spacial score (nSPS) is 17.8. The van der Waals surface area contributed by atoms with Crippen molar-refractivity contribution in [3.8, 4) is 23.1 Å². The first-order valence-electron chi connectivity index (χ1n) is 14.4. The Bertz CT molecular complexity index is 1390. The van der Waals surface area contributed by atoms with Crippen LogP contribution in [0.2, 0.25) is 0 Å². The lowest BCUT2D eigenvalue weighted by atomic mass is 9.77. The van der Waals surface area contributed by atoms with Crippen molar-refractivity contribution in [3.63, 3.8) is 0 Å². The smallest absolute Gasteiger partial charge is 0.306 e. The number of morpholine rings is 1. The number of nitriles is 1. The highest BCUT2D eigenvalue weighted by molar-refractivity contribution is 5.84. The first-order chi connectivity index (χ1) is 19.6. The lowest BCUT2D eigenvalue weighted by molar-refractivity contribution is -0.157. The number of rotatable bonds is 8. The number of piperidine rings is 1. The molecular formula is C31H40N6O4. The van der Waals surface area contributed by atoms with Crippen LogP contribution in [0.1, 0.15) is 52.5 Å². The van der Waals surface area contributed by atoms with Gasteiger partial charge in [-0.1, -0.05) is 6.92 Å². The van der Waals surface area contributed by atoms with E-state index in [9.17, 15) is 10.1 Å². The van der Waals surface area contributed by atoms with Gasteiger partial charge in [0.15, 0.2) is 0 Å². The van der Waals surface area contributed by atoms with Gasteiger partial charge in [0, 0.05) is 38.3 Å². The van der Waals surface area contributed by atoms with Gasteiger partial charge in [0.1, 0.15) is 24.0 Å². The summed E-state index contributed by atoms with van der Waals surface area (Å²) in [5.41, 5.74) is 3.26. The summed E-state index contributed by atoms with van der Waals surface area (Å²) in [6.45, 7) is 14.3. The summed E-state index contributed by atoms with van der Waals surface area (Å²) in [6.07, 6.45) is 7.52. The van der Waals surface area contributed by atoms with Gasteiger partial charge in [0.2, 0.25) is 0 Å². The fourth-order valence-corrected chi connectivity index (χ4v) is 5.51. The topological polar surface area (TPSA) is 105 Å². The summed E-state index contributed by atoms with van der Waals surface area (Å²) >= 11 is 0. The number of ether oxygens (including phenoxy) is 3. The first-order valence-corrected chi connectivity index (χ1v) is 14.4. The largest absolute Gasteiger partial charge is 0.491 e. The van der Waals surface area contributed by atoms with E-state index in [1.165, 1.54) is 0 Å². The molecule has 2 fully saturated rings. The Balaban J connectivity index is 1.27. The van der Waals surface area contributed by atoms with Crippen LogP contribution in [0, 0.1) is 16.7 Å². The molecule has 0 spiro atoms. The van der Waals surface area contributed by atoms with E-state index in [4.69, 9.17) is 19.2 Å². The van der Waals surface area contributed by atoms with E-state index >= 15 is 0 Å². The minimum Gasteiger partial charge on any atom is -0.491 e. The molecule has 0 atom stereocenters. The summed E-state index contributed by atoms with van der Waals surface area (Å²) in [4.78, 5) is 21.9. The molecule has 3 aromatic heterocycles. The highest BCUT2D eigenvalue weighted by Gasteiger charge is 2.34. The zero-order valence-corrected chi connectivity index (χ0v) is 24.6. The van der Waals surface area contributed by atoms with E-state index in [-0.39, 0.29) is 11.4 Å². The number of anilines is 1. The highest BCUT2D eigenvalue weighted by atomic mass is 16.6. The molecule has 41 heavy (non-hydrogen) atoms. The summed E-state index contributed by atoms with van der Waals surface area (Å²) in [6, 6.07) is 8.26. The molecule has 10 nitrogen and oxygen atoms in total. The Hall–Kier alpha value is -3.68. The molecule has 3 aromatic rings. The zero-order valence-electron chi connectivity index (χ0n) is 24.6. The number of nitrogens with zero attached hydrogens (tertiary/aromatic N) is 6. The van der Waals surface area contributed by atoms with Crippen LogP contribution in [0.25, 0.3) is 16.8 Å². The average molecular weight is 561 g/mol. The second-order valence-electron chi connectivity index (χ2n) is 12.3. The van der Waals surface area contributed by atoms with Crippen LogP contribution in [0.3, 0.4) is 0 Å². The molecule has 5 heterocycles. The van der Waals surface area contributed by atoms with Crippen molar-refractivity contribution in [2.24, 2.45) is 5.41 Å². The molecule has 0 saturated carbocycles. The Kier molecular flexibility index (Phi) is 8.47. The molecule has 0 bridgehead atoms. The lowest BCUT2D eigenvalue weighted by Gasteiger charge is -2.40. The number of carbonyl (C=O) groups excluding carboxylic acids is 1. The third-order valence-corrected chi connectivity index (χ3v) is 7.84. The SMILES string of the molecule is CC1(CC(=O)OC(C)(C)C)CCN(c2ccc(-c3cc(OCCN4CCOCC4)cn4ncc(C#N)c34)nc2)CC1. The fraction of sp³-hybridized carbons (Fsp3) is 0.548. The van der Waals surface area contributed by atoms with E-state index < -0.39 is 5.60 Å². The molecule has 2 saturated heterocycles. The van der Waals surface area contributed by atoms with Crippen molar-refractivity contribution >= 4 is 17.2 Å². The standard InChI is InChI=1S/C31H40N6O4/c1-30(2,3)41-28(38)18-31(4)7-9-36(10-8-31)24-5-6-27(33-21-24)26-17-25(22-37-29(26)23(19-32)20-34-37)40-16-13-35-11-14-39-15-12-35/h5-6,17,20-22H,7-16,18H2,1-4H3. The van der Waals surface area contributed by atoms with Crippen molar-refractivity contribution in [2.45, 2.75) is 52.6 Å². The number of hydrogen-bond acceptors (Lipinski definition) is 9. The van der Waals surface area contributed by atoms with Crippen LogP contribution in [0.4, 0.5) is 5.69 Å². The van der Waals surface area contributed by atoms with Gasteiger partial charge in [-0.2, -0.15) is 10.4 Å².